The number of hydrogen-bond donors (Lipinski definition) is 1. The molecule has 0 atom stereocenters. The van der Waals surface area contributed by atoms with Gasteiger partial charge in [0.05, 0.1) is 18.1 Å². The van der Waals surface area contributed by atoms with Crippen molar-refractivity contribution in [3.05, 3.63) is 18.1 Å². The molecule has 1 aliphatic rings. The second-order valence-electron chi connectivity index (χ2n) is 5.66. The van der Waals surface area contributed by atoms with Gasteiger partial charge in [-0.25, -0.2) is 4.98 Å². The fourth-order valence-electron chi connectivity index (χ4n) is 1.90. The zero-order chi connectivity index (χ0) is 12.3. The summed E-state index contributed by atoms with van der Waals surface area (Å²) in [6.07, 6.45) is 6.32. The summed E-state index contributed by atoms with van der Waals surface area (Å²) in [5.74, 6) is 1.02. The Morgan fingerprint density at radius 3 is 2.41 bits per heavy atom. The Kier molecular flexibility index (Phi) is 3.62. The Bertz CT molecular complexity index is 347. The van der Waals surface area contributed by atoms with Crippen LogP contribution in [0.4, 0.5) is 5.82 Å². The van der Waals surface area contributed by atoms with E-state index in [-0.39, 0.29) is 5.54 Å². The molecule has 2 rings (SSSR count). The molecule has 0 aliphatic carbocycles. The molecule has 0 bridgehead atoms. The minimum absolute atomic E-state index is 0.120. The minimum Gasteiger partial charge on any atom is -0.355 e. The van der Waals surface area contributed by atoms with Crippen molar-refractivity contribution in [2.24, 2.45) is 0 Å². The summed E-state index contributed by atoms with van der Waals surface area (Å²) in [5.41, 5.74) is 1.12. The fraction of sp³-hybridized carbons (Fsp3) is 0.692. The van der Waals surface area contributed by atoms with Crippen LogP contribution in [0.5, 0.6) is 0 Å². The molecule has 1 saturated heterocycles. The molecule has 4 nitrogen and oxygen atoms in total. The number of nitrogens with zero attached hydrogens (tertiary/aromatic N) is 3. The first-order chi connectivity index (χ1) is 8.04. The van der Waals surface area contributed by atoms with Gasteiger partial charge in [-0.3, -0.25) is 4.98 Å². The van der Waals surface area contributed by atoms with Crippen LogP contribution < -0.4 is 10.2 Å². The number of hydrogen-bond acceptors (Lipinski definition) is 4. The zero-order valence-electron chi connectivity index (χ0n) is 11.0. The standard InChI is InChI=1S/C13H22N4/c1-13(2,3)16-9-11-8-15-12(10-14-11)17-6-4-5-7-17/h8,10,16H,4-7,9H2,1-3H3. The molecule has 1 N–H and O–H groups in total. The van der Waals surface area contributed by atoms with Crippen molar-refractivity contribution >= 4 is 5.82 Å². The molecule has 1 aromatic rings. The van der Waals surface area contributed by atoms with Gasteiger partial charge in [0.2, 0.25) is 0 Å². The van der Waals surface area contributed by atoms with E-state index in [2.05, 4.69) is 41.0 Å². The van der Waals surface area contributed by atoms with E-state index in [9.17, 15) is 0 Å². The molecule has 17 heavy (non-hydrogen) atoms. The molecule has 0 radical (unpaired) electrons. The van der Waals surface area contributed by atoms with Gasteiger partial charge in [-0.15, -0.1) is 0 Å². The van der Waals surface area contributed by atoms with E-state index in [1.165, 1.54) is 12.8 Å². The molecule has 1 fully saturated rings. The van der Waals surface area contributed by atoms with Crippen LogP contribution in [0.1, 0.15) is 39.3 Å². The van der Waals surface area contributed by atoms with E-state index >= 15 is 0 Å². The van der Waals surface area contributed by atoms with E-state index in [1.54, 1.807) is 0 Å². The van der Waals surface area contributed by atoms with Gasteiger partial charge in [-0.2, -0.15) is 0 Å². The number of anilines is 1. The molecular weight excluding hydrogens is 212 g/mol. The monoisotopic (exact) mass is 234 g/mol. The highest BCUT2D eigenvalue weighted by Crippen LogP contribution is 2.16. The molecule has 0 spiro atoms. The highest BCUT2D eigenvalue weighted by atomic mass is 15.2. The lowest BCUT2D eigenvalue weighted by Crippen LogP contribution is -2.35. The van der Waals surface area contributed by atoms with Crippen LogP contribution in [0.3, 0.4) is 0 Å². The molecule has 1 aliphatic heterocycles. The van der Waals surface area contributed by atoms with E-state index in [1.807, 2.05) is 12.4 Å². The third-order valence-corrected chi connectivity index (χ3v) is 2.92. The van der Waals surface area contributed by atoms with E-state index < -0.39 is 0 Å². The van der Waals surface area contributed by atoms with Crippen molar-refractivity contribution in [1.29, 1.82) is 0 Å². The van der Waals surface area contributed by atoms with Crippen LogP contribution in [0.2, 0.25) is 0 Å². The van der Waals surface area contributed by atoms with Gasteiger partial charge in [0.15, 0.2) is 0 Å². The smallest absolute Gasteiger partial charge is 0.147 e. The van der Waals surface area contributed by atoms with Crippen molar-refractivity contribution in [3.8, 4) is 0 Å². The average Bonchev–Trinajstić information content (AvgIpc) is 2.79. The van der Waals surface area contributed by atoms with Crippen molar-refractivity contribution < 1.29 is 0 Å². The topological polar surface area (TPSA) is 41.1 Å². The molecule has 2 heterocycles. The summed E-state index contributed by atoms with van der Waals surface area (Å²) in [6.45, 7) is 9.47. The lowest BCUT2D eigenvalue weighted by atomic mass is 10.1. The maximum atomic E-state index is 4.48. The lowest BCUT2D eigenvalue weighted by molar-refractivity contribution is 0.421. The zero-order valence-corrected chi connectivity index (χ0v) is 11.0. The molecule has 94 valence electrons. The summed E-state index contributed by atoms with van der Waals surface area (Å²) < 4.78 is 0. The van der Waals surface area contributed by atoms with Crippen LogP contribution in [0.25, 0.3) is 0 Å². The van der Waals surface area contributed by atoms with Gasteiger partial charge in [0.25, 0.3) is 0 Å². The van der Waals surface area contributed by atoms with Crippen molar-refractivity contribution in [2.45, 2.75) is 45.7 Å². The van der Waals surface area contributed by atoms with Crippen molar-refractivity contribution in [3.63, 3.8) is 0 Å². The minimum atomic E-state index is 0.120. The predicted octanol–water partition coefficient (Wildman–Crippen LogP) is 1.96. The third-order valence-electron chi connectivity index (χ3n) is 2.92. The van der Waals surface area contributed by atoms with Crippen LogP contribution >= 0.6 is 0 Å². The summed E-state index contributed by atoms with van der Waals surface area (Å²) in [6, 6.07) is 0. The quantitative estimate of drug-likeness (QED) is 0.868. The lowest BCUT2D eigenvalue weighted by Gasteiger charge is -2.20. The van der Waals surface area contributed by atoms with Gasteiger partial charge in [-0.05, 0) is 33.6 Å². The van der Waals surface area contributed by atoms with Crippen LogP contribution in [0, 0.1) is 0 Å². The second-order valence-corrected chi connectivity index (χ2v) is 5.66. The first-order valence-electron chi connectivity index (χ1n) is 6.35. The number of aromatic nitrogens is 2. The van der Waals surface area contributed by atoms with Gasteiger partial charge >= 0.3 is 0 Å². The summed E-state index contributed by atoms with van der Waals surface area (Å²) in [7, 11) is 0. The Morgan fingerprint density at radius 1 is 1.18 bits per heavy atom. The van der Waals surface area contributed by atoms with Gasteiger partial charge < -0.3 is 10.2 Å². The third kappa shape index (κ3) is 3.66. The number of rotatable bonds is 3. The first kappa shape index (κ1) is 12.3. The van der Waals surface area contributed by atoms with Gasteiger partial charge in [0.1, 0.15) is 5.82 Å². The maximum absolute atomic E-state index is 4.48. The number of nitrogens with one attached hydrogen (secondary N) is 1. The van der Waals surface area contributed by atoms with Crippen LogP contribution in [-0.4, -0.2) is 28.6 Å². The molecule has 4 heteroatoms. The largest absolute Gasteiger partial charge is 0.355 e. The Hall–Kier alpha value is -1.16. The summed E-state index contributed by atoms with van der Waals surface area (Å²) >= 11 is 0. The molecule has 0 aromatic carbocycles. The van der Waals surface area contributed by atoms with Crippen LogP contribution in [0.15, 0.2) is 12.4 Å². The van der Waals surface area contributed by atoms with E-state index in [0.29, 0.717) is 0 Å². The molecule has 0 saturated carbocycles. The summed E-state index contributed by atoms with van der Waals surface area (Å²) in [4.78, 5) is 11.2. The Morgan fingerprint density at radius 2 is 1.88 bits per heavy atom. The molecule has 1 aromatic heterocycles. The Balaban J connectivity index is 1.93. The van der Waals surface area contributed by atoms with E-state index in [4.69, 9.17) is 0 Å². The Labute approximate surface area is 103 Å². The van der Waals surface area contributed by atoms with Gasteiger partial charge in [-0.1, -0.05) is 0 Å². The molecule has 0 amide bonds. The van der Waals surface area contributed by atoms with Crippen LogP contribution in [-0.2, 0) is 6.54 Å². The highest BCUT2D eigenvalue weighted by molar-refractivity contribution is 5.36. The van der Waals surface area contributed by atoms with Crippen molar-refractivity contribution in [2.75, 3.05) is 18.0 Å². The average molecular weight is 234 g/mol. The molecular formula is C13H22N4. The predicted molar refractivity (Wildman–Crippen MR) is 70.1 cm³/mol. The fourth-order valence-corrected chi connectivity index (χ4v) is 1.90. The van der Waals surface area contributed by atoms with Crippen molar-refractivity contribution in [1.82, 2.24) is 15.3 Å². The SMILES string of the molecule is CC(C)(C)NCc1cnc(N2CCCC2)cn1. The first-order valence-corrected chi connectivity index (χ1v) is 6.35. The summed E-state index contributed by atoms with van der Waals surface area (Å²) in [5, 5.41) is 3.41. The molecule has 0 unspecified atom stereocenters. The van der Waals surface area contributed by atoms with Gasteiger partial charge in [0, 0.05) is 25.2 Å². The highest BCUT2D eigenvalue weighted by Gasteiger charge is 2.14. The second kappa shape index (κ2) is 5.00. The van der Waals surface area contributed by atoms with E-state index in [0.717, 1.165) is 31.1 Å². The normalized spacial score (nSPS) is 16.5. The maximum Gasteiger partial charge on any atom is 0.147 e.